The molecule has 0 radical (unpaired) electrons. The Labute approximate surface area is 170 Å². The minimum Gasteiger partial charge on any atom is -0.280 e. The van der Waals surface area contributed by atoms with Crippen LogP contribution in [-0.2, 0) is 20.0 Å². The number of sulfonamides is 2. The Morgan fingerprint density at radius 3 is 2.07 bits per heavy atom. The first-order valence-corrected chi connectivity index (χ1v) is 12.2. The van der Waals surface area contributed by atoms with E-state index in [-0.39, 0.29) is 14.8 Å². The number of nitrogens with one attached hydrogen (secondary N) is 2. The highest BCUT2D eigenvalue weighted by molar-refractivity contribution is 9.11. The van der Waals surface area contributed by atoms with Gasteiger partial charge in [-0.15, -0.1) is 11.3 Å². The zero-order chi connectivity index (χ0) is 19.7. The van der Waals surface area contributed by atoms with Crippen LogP contribution in [0.5, 0.6) is 0 Å². The van der Waals surface area contributed by atoms with Crippen molar-refractivity contribution in [3.8, 4) is 0 Å². The topological polar surface area (TPSA) is 92.3 Å². The highest BCUT2D eigenvalue weighted by Gasteiger charge is 2.18. The van der Waals surface area contributed by atoms with Crippen LogP contribution in [0.15, 0.2) is 73.6 Å². The van der Waals surface area contributed by atoms with E-state index >= 15 is 0 Å². The summed E-state index contributed by atoms with van der Waals surface area (Å²) in [4.78, 5) is 0.0332. The van der Waals surface area contributed by atoms with Crippen LogP contribution in [0.2, 0.25) is 0 Å². The van der Waals surface area contributed by atoms with E-state index in [2.05, 4.69) is 25.4 Å². The molecule has 0 unspecified atom stereocenters. The molecule has 27 heavy (non-hydrogen) atoms. The van der Waals surface area contributed by atoms with Gasteiger partial charge in [0.25, 0.3) is 20.0 Å². The summed E-state index contributed by atoms with van der Waals surface area (Å²) < 4.78 is 55.4. The van der Waals surface area contributed by atoms with Gasteiger partial charge in [-0.05, 0) is 76.9 Å². The Kier molecular flexibility index (Phi) is 5.61. The zero-order valence-corrected chi connectivity index (χ0v) is 18.0. The van der Waals surface area contributed by atoms with Crippen LogP contribution in [0.25, 0.3) is 0 Å². The van der Waals surface area contributed by atoms with Crippen LogP contribution in [0.1, 0.15) is 5.56 Å². The predicted octanol–water partition coefficient (Wildman–Crippen LogP) is 4.42. The highest BCUT2D eigenvalue weighted by atomic mass is 79.9. The minimum absolute atomic E-state index is 0.0332. The maximum atomic E-state index is 12.5. The molecule has 0 saturated heterocycles. The average Bonchev–Trinajstić information content (AvgIpc) is 3.02. The molecule has 10 heteroatoms. The Morgan fingerprint density at radius 2 is 1.48 bits per heavy atom. The van der Waals surface area contributed by atoms with Gasteiger partial charge < -0.3 is 0 Å². The van der Waals surface area contributed by atoms with Gasteiger partial charge >= 0.3 is 0 Å². The van der Waals surface area contributed by atoms with Crippen LogP contribution in [-0.4, -0.2) is 16.8 Å². The van der Waals surface area contributed by atoms with Crippen molar-refractivity contribution >= 4 is 58.7 Å². The second-order valence-electron chi connectivity index (χ2n) is 5.66. The van der Waals surface area contributed by atoms with Gasteiger partial charge in [-0.25, -0.2) is 16.8 Å². The van der Waals surface area contributed by atoms with Crippen LogP contribution >= 0.6 is 27.3 Å². The lowest BCUT2D eigenvalue weighted by Gasteiger charge is -2.10. The predicted molar refractivity (Wildman–Crippen MR) is 111 cm³/mol. The fraction of sp³-hybridized carbons (Fsp3) is 0.0588. The Morgan fingerprint density at radius 1 is 0.815 bits per heavy atom. The van der Waals surface area contributed by atoms with Crippen molar-refractivity contribution in [1.29, 1.82) is 0 Å². The largest absolute Gasteiger partial charge is 0.280 e. The molecule has 2 N–H and O–H groups in total. The molecule has 0 amide bonds. The quantitative estimate of drug-likeness (QED) is 0.539. The molecule has 3 rings (SSSR count). The molecule has 0 aliphatic heterocycles. The molecule has 142 valence electrons. The molecule has 0 bridgehead atoms. The molecule has 1 aromatic heterocycles. The van der Waals surface area contributed by atoms with Gasteiger partial charge in [-0.2, -0.15) is 0 Å². The summed E-state index contributed by atoms with van der Waals surface area (Å²) in [6.07, 6.45) is 0. The Balaban J connectivity index is 1.78. The lowest BCUT2D eigenvalue weighted by molar-refractivity contribution is 0.600. The van der Waals surface area contributed by atoms with E-state index in [9.17, 15) is 16.8 Å². The SMILES string of the molecule is Cc1cccc(NS(=O)(=O)c2ccc(NS(=O)(=O)c3ccc(Br)s3)cc2)c1. The summed E-state index contributed by atoms with van der Waals surface area (Å²) in [6.45, 7) is 1.87. The molecule has 2 aromatic carbocycles. The molecule has 0 fully saturated rings. The summed E-state index contributed by atoms with van der Waals surface area (Å²) in [5.41, 5.74) is 1.66. The molecule has 6 nitrogen and oxygen atoms in total. The third kappa shape index (κ3) is 4.89. The number of aryl methyl sites for hydroxylation is 1. The van der Waals surface area contributed by atoms with Gasteiger partial charge in [0.15, 0.2) is 0 Å². The Bertz CT molecular complexity index is 1170. The number of thiophene rings is 1. The van der Waals surface area contributed by atoms with Crippen molar-refractivity contribution in [1.82, 2.24) is 0 Å². The van der Waals surface area contributed by atoms with Crippen LogP contribution in [0.4, 0.5) is 11.4 Å². The van der Waals surface area contributed by atoms with E-state index in [4.69, 9.17) is 0 Å². The van der Waals surface area contributed by atoms with E-state index in [1.807, 2.05) is 13.0 Å². The highest BCUT2D eigenvalue weighted by Crippen LogP contribution is 2.28. The van der Waals surface area contributed by atoms with E-state index < -0.39 is 20.0 Å². The van der Waals surface area contributed by atoms with Gasteiger partial charge in [0.05, 0.1) is 8.68 Å². The summed E-state index contributed by atoms with van der Waals surface area (Å²) in [5.74, 6) is 0. The van der Waals surface area contributed by atoms with Crippen molar-refractivity contribution in [3.63, 3.8) is 0 Å². The third-order valence-electron chi connectivity index (χ3n) is 3.50. The monoisotopic (exact) mass is 486 g/mol. The standard InChI is InChI=1S/C17H15BrN2O4S3/c1-12-3-2-4-14(11-12)20-26(21,22)15-7-5-13(6-8-15)19-27(23,24)17-10-9-16(18)25-17/h2-11,19-20H,1H3. The van der Waals surface area contributed by atoms with Gasteiger partial charge in [0.1, 0.15) is 4.21 Å². The zero-order valence-electron chi connectivity index (χ0n) is 14.0. The summed E-state index contributed by atoms with van der Waals surface area (Å²) in [5, 5.41) is 0. The normalized spacial score (nSPS) is 11.9. The van der Waals surface area contributed by atoms with Crippen LogP contribution in [0.3, 0.4) is 0 Å². The molecule has 3 aromatic rings. The van der Waals surface area contributed by atoms with E-state index in [1.54, 1.807) is 24.3 Å². The van der Waals surface area contributed by atoms with Crippen molar-refractivity contribution in [2.24, 2.45) is 0 Å². The number of hydrogen-bond acceptors (Lipinski definition) is 5. The fourth-order valence-electron chi connectivity index (χ4n) is 2.27. The summed E-state index contributed by atoms with van der Waals surface area (Å²) >= 11 is 4.31. The number of halogens is 1. The number of benzene rings is 2. The minimum atomic E-state index is -3.77. The van der Waals surface area contributed by atoms with Gasteiger partial charge in [0, 0.05) is 11.4 Å². The van der Waals surface area contributed by atoms with E-state index in [0.29, 0.717) is 9.47 Å². The Hall–Kier alpha value is -1.88. The number of anilines is 2. The maximum Gasteiger partial charge on any atom is 0.271 e. The molecule has 1 heterocycles. The van der Waals surface area contributed by atoms with E-state index in [0.717, 1.165) is 16.9 Å². The second kappa shape index (κ2) is 7.63. The van der Waals surface area contributed by atoms with Crippen molar-refractivity contribution < 1.29 is 16.8 Å². The van der Waals surface area contributed by atoms with E-state index in [1.165, 1.54) is 30.3 Å². The third-order valence-corrected chi connectivity index (χ3v) is 8.39. The smallest absolute Gasteiger partial charge is 0.271 e. The van der Waals surface area contributed by atoms with Gasteiger partial charge in [-0.1, -0.05) is 12.1 Å². The number of rotatable bonds is 6. The molecule has 0 saturated carbocycles. The molecule has 0 aliphatic rings. The van der Waals surface area contributed by atoms with Crippen molar-refractivity contribution in [2.45, 2.75) is 16.0 Å². The maximum absolute atomic E-state index is 12.5. The summed E-state index contributed by atoms with van der Waals surface area (Å²) in [6, 6.07) is 15.6. The number of hydrogen-bond donors (Lipinski definition) is 2. The first-order chi connectivity index (χ1) is 12.7. The fourth-order valence-corrected chi connectivity index (χ4v) is 6.39. The van der Waals surface area contributed by atoms with Crippen molar-refractivity contribution in [3.05, 3.63) is 70.0 Å². The lowest BCUT2D eigenvalue weighted by atomic mass is 10.2. The molecule has 0 aliphatic carbocycles. The molecular formula is C17H15BrN2O4S3. The van der Waals surface area contributed by atoms with Crippen LogP contribution in [0, 0.1) is 6.92 Å². The molecule has 0 spiro atoms. The van der Waals surface area contributed by atoms with Gasteiger partial charge in [-0.3, -0.25) is 9.44 Å². The summed E-state index contributed by atoms with van der Waals surface area (Å²) in [7, 11) is -7.49. The molecular weight excluding hydrogens is 472 g/mol. The second-order valence-corrected chi connectivity index (χ2v) is 11.7. The first-order valence-electron chi connectivity index (χ1n) is 7.63. The van der Waals surface area contributed by atoms with Crippen molar-refractivity contribution in [2.75, 3.05) is 9.44 Å². The van der Waals surface area contributed by atoms with Crippen LogP contribution < -0.4 is 9.44 Å². The molecule has 0 atom stereocenters. The lowest BCUT2D eigenvalue weighted by Crippen LogP contribution is -2.14. The van der Waals surface area contributed by atoms with Gasteiger partial charge in [0.2, 0.25) is 0 Å². The first kappa shape index (κ1) is 19.9. The average molecular weight is 487 g/mol.